The average molecular weight is 379 g/mol. The summed E-state index contributed by atoms with van der Waals surface area (Å²) in [5.74, 6) is 2.15. The van der Waals surface area contributed by atoms with Crippen LogP contribution in [0.4, 0.5) is 4.39 Å². The van der Waals surface area contributed by atoms with Gasteiger partial charge in [-0.1, -0.05) is 6.92 Å². The number of aldehydes is 1. The van der Waals surface area contributed by atoms with Crippen LogP contribution in [-0.4, -0.2) is 18.2 Å². The number of carbonyl (C=O) groups is 2. The fourth-order valence-corrected chi connectivity index (χ4v) is 6.41. The highest BCUT2D eigenvalue weighted by Gasteiger charge is 2.45. The van der Waals surface area contributed by atoms with Crippen LogP contribution in [0.25, 0.3) is 0 Å². The molecule has 4 rings (SSSR count). The van der Waals surface area contributed by atoms with Gasteiger partial charge in [0.2, 0.25) is 0 Å². The molecule has 2 bridgehead atoms. The summed E-state index contributed by atoms with van der Waals surface area (Å²) in [6, 6.07) is 0. The van der Waals surface area contributed by atoms with Crippen molar-refractivity contribution in [3.8, 4) is 0 Å². The van der Waals surface area contributed by atoms with E-state index in [1.54, 1.807) is 0 Å². The van der Waals surface area contributed by atoms with Crippen LogP contribution in [-0.2, 0) is 9.59 Å². The standard InChI is InChI=1S/C24H39FO2/c1-2-23(27)20-8-6-19(7-9-20)16-22(25)5-3-4-21(17-26)24-13-10-18(11-14-24)12-15-24/h17-22H,2-16H2,1H3. The quantitative estimate of drug-likeness (QED) is 0.409. The minimum absolute atomic E-state index is 0.154. The normalized spacial score (nSPS) is 35.6. The van der Waals surface area contributed by atoms with Gasteiger partial charge < -0.3 is 4.79 Å². The molecule has 2 nitrogen and oxygen atoms in total. The second-order valence-corrected chi connectivity index (χ2v) is 9.89. The van der Waals surface area contributed by atoms with E-state index in [0.717, 1.165) is 44.4 Å². The highest BCUT2D eigenvalue weighted by atomic mass is 19.1. The maximum absolute atomic E-state index is 14.5. The van der Waals surface area contributed by atoms with Gasteiger partial charge in [-0.25, -0.2) is 4.39 Å². The van der Waals surface area contributed by atoms with Gasteiger partial charge in [0.15, 0.2) is 0 Å². The molecule has 4 aliphatic rings. The van der Waals surface area contributed by atoms with Gasteiger partial charge in [0.05, 0.1) is 0 Å². The predicted octanol–water partition coefficient (Wildman–Crippen LogP) is 6.46. The number of fused-ring (bicyclic) bond motifs is 3. The number of halogens is 1. The number of alkyl halides is 1. The lowest BCUT2D eigenvalue weighted by Crippen LogP contribution is -2.40. The van der Waals surface area contributed by atoms with Crippen molar-refractivity contribution in [3.05, 3.63) is 0 Å². The van der Waals surface area contributed by atoms with E-state index in [0.29, 0.717) is 31.0 Å². The number of carbonyl (C=O) groups excluding carboxylic acids is 2. The maximum Gasteiger partial charge on any atom is 0.135 e. The van der Waals surface area contributed by atoms with Gasteiger partial charge in [-0.3, -0.25) is 4.79 Å². The van der Waals surface area contributed by atoms with Crippen molar-refractivity contribution in [1.82, 2.24) is 0 Å². The fourth-order valence-electron chi connectivity index (χ4n) is 6.41. The summed E-state index contributed by atoms with van der Waals surface area (Å²) in [4.78, 5) is 23.6. The van der Waals surface area contributed by atoms with Crippen LogP contribution in [0, 0.1) is 29.1 Å². The van der Waals surface area contributed by atoms with E-state index in [1.807, 2.05) is 6.92 Å². The molecular formula is C24H39FO2. The van der Waals surface area contributed by atoms with Crippen LogP contribution in [0.15, 0.2) is 0 Å². The third kappa shape index (κ3) is 5.21. The van der Waals surface area contributed by atoms with Crippen LogP contribution in [0.1, 0.15) is 103 Å². The fraction of sp³-hybridized carbons (Fsp3) is 0.917. The number of ketones is 1. The van der Waals surface area contributed by atoms with E-state index in [-0.39, 0.29) is 17.3 Å². The maximum atomic E-state index is 14.5. The van der Waals surface area contributed by atoms with Crippen LogP contribution in [0.3, 0.4) is 0 Å². The van der Waals surface area contributed by atoms with Gasteiger partial charge in [0, 0.05) is 18.3 Å². The predicted molar refractivity (Wildman–Crippen MR) is 107 cm³/mol. The van der Waals surface area contributed by atoms with Gasteiger partial charge in [-0.05, 0) is 107 Å². The Labute approximate surface area is 165 Å². The molecule has 4 fully saturated rings. The first kappa shape index (κ1) is 21.0. The molecule has 2 unspecified atom stereocenters. The molecule has 0 radical (unpaired) electrons. The first-order valence-corrected chi connectivity index (χ1v) is 11.7. The summed E-state index contributed by atoms with van der Waals surface area (Å²) in [7, 11) is 0. The molecular weight excluding hydrogens is 339 g/mol. The third-order valence-corrected chi connectivity index (χ3v) is 8.37. The zero-order valence-corrected chi connectivity index (χ0v) is 17.3. The second-order valence-electron chi connectivity index (χ2n) is 9.89. The highest BCUT2D eigenvalue weighted by molar-refractivity contribution is 5.80. The number of hydrogen-bond donors (Lipinski definition) is 0. The molecule has 0 aliphatic heterocycles. The lowest BCUT2D eigenvalue weighted by atomic mass is 9.55. The Kier molecular flexibility index (Phi) is 7.50. The summed E-state index contributed by atoms with van der Waals surface area (Å²) in [5, 5.41) is 0. The molecule has 0 aromatic heterocycles. The topological polar surface area (TPSA) is 34.1 Å². The summed E-state index contributed by atoms with van der Waals surface area (Å²) in [6.07, 6.45) is 15.6. The zero-order valence-electron chi connectivity index (χ0n) is 17.3. The van der Waals surface area contributed by atoms with E-state index in [4.69, 9.17) is 0 Å². The Morgan fingerprint density at radius 2 is 1.67 bits per heavy atom. The Balaban J connectivity index is 1.36. The molecule has 4 saturated carbocycles. The van der Waals surface area contributed by atoms with Crippen LogP contribution < -0.4 is 0 Å². The molecule has 0 aromatic rings. The van der Waals surface area contributed by atoms with E-state index in [1.165, 1.54) is 44.8 Å². The van der Waals surface area contributed by atoms with Gasteiger partial charge in [0.25, 0.3) is 0 Å². The average Bonchev–Trinajstić information content (AvgIpc) is 2.72. The van der Waals surface area contributed by atoms with Gasteiger partial charge >= 0.3 is 0 Å². The molecule has 2 atom stereocenters. The smallest absolute Gasteiger partial charge is 0.135 e. The third-order valence-electron chi connectivity index (χ3n) is 8.37. The van der Waals surface area contributed by atoms with E-state index in [9.17, 15) is 14.0 Å². The van der Waals surface area contributed by atoms with Crippen molar-refractivity contribution in [2.75, 3.05) is 0 Å². The monoisotopic (exact) mass is 378 g/mol. The Hall–Kier alpha value is -0.730. The largest absolute Gasteiger partial charge is 0.303 e. The molecule has 0 amide bonds. The molecule has 154 valence electrons. The minimum Gasteiger partial charge on any atom is -0.303 e. The number of hydrogen-bond acceptors (Lipinski definition) is 2. The molecule has 27 heavy (non-hydrogen) atoms. The molecule has 0 N–H and O–H groups in total. The molecule has 0 aromatic carbocycles. The Bertz CT molecular complexity index is 473. The summed E-state index contributed by atoms with van der Waals surface area (Å²) >= 11 is 0. The summed E-state index contributed by atoms with van der Waals surface area (Å²) in [6.45, 7) is 1.94. The summed E-state index contributed by atoms with van der Waals surface area (Å²) < 4.78 is 14.5. The van der Waals surface area contributed by atoms with Crippen molar-refractivity contribution in [1.29, 1.82) is 0 Å². The first-order valence-electron chi connectivity index (χ1n) is 11.7. The van der Waals surface area contributed by atoms with E-state index < -0.39 is 6.17 Å². The van der Waals surface area contributed by atoms with Crippen molar-refractivity contribution in [2.45, 2.75) is 109 Å². The summed E-state index contributed by atoms with van der Waals surface area (Å²) in [5.41, 5.74) is 0.256. The SMILES string of the molecule is CCC(=O)C1CCC(CC(F)CCCC(C=O)C23CCC(CC2)CC3)CC1. The Morgan fingerprint density at radius 1 is 1.04 bits per heavy atom. The Morgan fingerprint density at radius 3 is 2.22 bits per heavy atom. The van der Waals surface area contributed by atoms with Crippen molar-refractivity contribution in [2.24, 2.45) is 29.1 Å². The van der Waals surface area contributed by atoms with Crippen molar-refractivity contribution in [3.63, 3.8) is 0 Å². The minimum atomic E-state index is -0.736. The van der Waals surface area contributed by atoms with Gasteiger partial charge in [-0.2, -0.15) is 0 Å². The molecule has 0 spiro atoms. The van der Waals surface area contributed by atoms with Crippen molar-refractivity contribution < 1.29 is 14.0 Å². The first-order chi connectivity index (χ1) is 13.1. The zero-order chi connectivity index (χ0) is 19.3. The number of Topliss-reactive ketones (excluding diaryl/α,β-unsaturated/α-hetero) is 1. The van der Waals surface area contributed by atoms with Gasteiger partial charge in [-0.15, -0.1) is 0 Å². The van der Waals surface area contributed by atoms with Crippen LogP contribution in [0.5, 0.6) is 0 Å². The lowest BCUT2D eigenvalue weighted by molar-refractivity contribution is -0.123. The van der Waals surface area contributed by atoms with Gasteiger partial charge in [0.1, 0.15) is 18.2 Å². The molecule has 0 saturated heterocycles. The molecule has 0 heterocycles. The van der Waals surface area contributed by atoms with Crippen molar-refractivity contribution >= 4 is 12.1 Å². The second kappa shape index (κ2) is 9.65. The lowest BCUT2D eigenvalue weighted by Gasteiger charge is -2.49. The van der Waals surface area contributed by atoms with E-state index in [2.05, 4.69) is 0 Å². The van der Waals surface area contributed by atoms with E-state index >= 15 is 0 Å². The van der Waals surface area contributed by atoms with Crippen LogP contribution in [0.2, 0.25) is 0 Å². The van der Waals surface area contributed by atoms with Crippen LogP contribution >= 0.6 is 0 Å². The molecule has 3 heteroatoms. The number of rotatable bonds is 10. The highest BCUT2D eigenvalue weighted by Crippen LogP contribution is 2.55. The molecule has 4 aliphatic carbocycles.